The minimum Gasteiger partial charge on any atom is -0.496 e. The van der Waals surface area contributed by atoms with Crippen LogP contribution >= 0.6 is 0 Å². The highest BCUT2D eigenvalue weighted by Crippen LogP contribution is 2.40. The first kappa shape index (κ1) is 15.5. The Morgan fingerprint density at radius 2 is 2.04 bits per heavy atom. The predicted octanol–water partition coefficient (Wildman–Crippen LogP) is 3.71. The Labute approximate surface area is 136 Å². The van der Waals surface area contributed by atoms with Gasteiger partial charge in [-0.1, -0.05) is 18.2 Å². The van der Waals surface area contributed by atoms with Gasteiger partial charge in [-0.2, -0.15) is 0 Å². The van der Waals surface area contributed by atoms with Gasteiger partial charge >= 0.3 is 0 Å². The minimum absolute atomic E-state index is 0.179. The number of methoxy groups -OCH3 is 1. The van der Waals surface area contributed by atoms with Gasteiger partial charge in [0.25, 0.3) is 5.69 Å². The Kier molecular flexibility index (Phi) is 3.87. The van der Waals surface area contributed by atoms with Gasteiger partial charge in [0.15, 0.2) is 5.69 Å². The number of para-hydroxylation sites is 1. The zero-order valence-electron chi connectivity index (χ0n) is 12.7. The van der Waals surface area contributed by atoms with Gasteiger partial charge in [0.05, 0.1) is 24.1 Å². The topological polar surface area (TPSA) is 107 Å². The van der Waals surface area contributed by atoms with Crippen LogP contribution in [0.1, 0.15) is 5.56 Å². The summed E-state index contributed by atoms with van der Waals surface area (Å²) in [5.74, 6) is 0.285. The third kappa shape index (κ3) is 2.43. The summed E-state index contributed by atoms with van der Waals surface area (Å²) in [6.07, 6.45) is 0. The van der Waals surface area contributed by atoms with Crippen LogP contribution in [0.25, 0.3) is 10.9 Å². The van der Waals surface area contributed by atoms with Crippen LogP contribution in [0.3, 0.4) is 0 Å². The molecule has 3 aromatic rings. The standard InChI is InChI=1S/C16H13N3O5/c1-24-14-5-3-2-4-10(14)9-18-13-7-6-11(19(22)23)8-12(13)15(17-21)16(18)20/h2-8,20H,9H2,1H3. The first-order valence-corrected chi connectivity index (χ1v) is 7.01. The van der Waals surface area contributed by atoms with Crippen molar-refractivity contribution in [3.05, 3.63) is 63.0 Å². The molecule has 0 bridgehead atoms. The van der Waals surface area contributed by atoms with Crippen LogP contribution in [0, 0.1) is 15.0 Å². The number of fused-ring (bicyclic) bond motifs is 1. The van der Waals surface area contributed by atoms with Crippen LogP contribution in [0.4, 0.5) is 11.4 Å². The number of nitro groups is 1. The van der Waals surface area contributed by atoms with Crippen molar-refractivity contribution >= 4 is 22.3 Å². The summed E-state index contributed by atoms with van der Waals surface area (Å²) in [6, 6.07) is 11.3. The number of hydrogen-bond acceptors (Lipinski definition) is 6. The minimum atomic E-state index is -0.567. The normalized spacial score (nSPS) is 10.7. The number of aromatic hydroxyl groups is 1. The Balaban J connectivity index is 2.19. The number of ether oxygens (including phenoxy) is 1. The highest BCUT2D eigenvalue weighted by molar-refractivity contribution is 5.96. The van der Waals surface area contributed by atoms with Crippen molar-refractivity contribution < 1.29 is 14.8 Å². The molecule has 24 heavy (non-hydrogen) atoms. The molecule has 0 aliphatic rings. The lowest BCUT2D eigenvalue weighted by atomic mass is 10.2. The van der Waals surface area contributed by atoms with Crippen molar-refractivity contribution in [1.82, 2.24) is 4.57 Å². The molecule has 1 heterocycles. The van der Waals surface area contributed by atoms with E-state index in [1.165, 1.54) is 29.9 Å². The molecule has 0 fully saturated rings. The van der Waals surface area contributed by atoms with Crippen molar-refractivity contribution in [1.29, 1.82) is 0 Å². The first-order valence-electron chi connectivity index (χ1n) is 7.01. The lowest BCUT2D eigenvalue weighted by Crippen LogP contribution is -2.01. The van der Waals surface area contributed by atoms with Gasteiger partial charge < -0.3 is 14.4 Å². The van der Waals surface area contributed by atoms with Crippen LogP contribution in [-0.4, -0.2) is 21.7 Å². The maximum absolute atomic E-state index is 11.1. The van der Waals surface area contributed by atoms with Gasteiger partial charge in [-0.3, -0.25) is 10.1 Å². The van der Waals surface area contributed by atoms with Crippen LogP contribution in [0.5, 0.6) is 11.6 Å². The number of rotatable bonds is 5. The van der Waals surface area contributed by atoms with Gasteiger partial charge in [-0.25, -0.2) is 0 Å². The Hall–Kier alpha value is -3.42. The lowest BCUT2D eigenvalue weighted by molar-refractivity contribution is -0.384. The molecule has 122 valence electrons. The quantitative estimate of drug-likeness (QED) is 0.436. The SMILES string of the molecule is COc1ccccc1Cn1c(O)c(N=O)c2cc([N+](=O)[O-])ccc21. The highest BCUT2D eigenvalue weighted by atomic mass is 16.6. The molecule has 0 radical (unpaired) electrons. The van der Waals surface area contributed by atoms with Crippen molar-refractivity contribution in [2.75, 3.05) is 7.11 Å². The lowest BCUT2D eigenvalue weighted by Gasteiger charge is -2.11. The van der Waals surface area contributed by atoms with Gasteiger partial charge in [-0.15, -0.1) is 4.91 Å². The third-order valence-electron chi connectivity index (χ3n) is 3.82. The number of nitrogens with zero attached hydrogens (tertiary/aromatic N) is 3. The molecule has 0 saturated heterocycles. The van der Waals surface area contributed by atoms with E-state index in [4.69, 9.17) is 4.74 Å². The number of nitro benzene ring substituents is 1. The van der Waals surface area contributed by atoms with E-state index >= 15 is 0 Å². The molecule has 3 rings (SSSR count). The van der Waals surface area contributed by atoms with Gasteiger partial charge in [0.1, 0.15) is 5.75 Å². The molecule has 8 heteroatoms. The summed E-state index contributed by atoms with van der Waals surface area (Å²) >= 11 is 0. The molecule has 0 aliphatic heterocycles. The molecule has 8 nitrogen and oxygen atoms in total. The van der Waals surface area contributed by atoms with E-state index in [0.717, 1.165) is 5.56 Å². The van der Waals surface area contributed by atoms with Crippen LogP contribution in [-0.2, 0) is 6.54 Å². The zero-order valence-corrected chi connectivity index (χ0v) is 12.7. The number of non-ortho nitro benzene ring substituents is 1. The number of hydrogen-bond donors (Lipinski definition) is 1. The fourth-order valence-electron chi connectivity index (χ4n) is 2.68. The predicted molar refractivity (Wildman–Crippen MR) is 87.8 cm³/mol. The monoisotopic (exact) mass is 327 g/mol. The summed E-state index contributed by atoms with van der Waals surface area (Å²) in [5.41, 5.74) is 0.854. The van der Waals surface area contributed by atoms with E-state index in [1.54, 1.807) is 6.07 Å². The summed E-state index contributed by atoms with van der Waals surface area (Å²) < 4.78 is 6.75. The second-order valence-corrected chi connectivity index (χ2v) is 5.12. The van der Waals surface area contributed by atoms with E-state index < -0.39 is 4.92 Å². The van der Waals surface area contributed by atoms with E-state index in [9.17, 15) is 20.1 Å². The first-order chi connectivity index (χ1) is 11.6. The van der Waals surface area contributed by atoms with Gasteiger partial charge in [-0.05, 0) is 17.3 Å². The Morgan fingerprint density at radius 1 is 1.29 bits per heavy atom. The molecule has 2 aromatic carbocycles. The molecule has 0 atom stereocenters. The molecule has 0 saturated carbocycles. The summed E-state index contributed by atoms with van der Waals surface area (Å²) in [7, 11) is 1.54. The van der Waals surface area contributed by atoms with Crippen molar-refractivity contribution in [3.63, 3.8) is 0 Å². The molecule has 1 aromatic heterocycles. The average molecular weight is 327 g/mol. The van der Waals surface area contributed by atoms with Crippen molar-refractivity contribution in [3.8, 4) is 11.6 Å². The summed E-state index contributed by atoms with van der Waals surface area (Å²) in [5, 5.41) is 24.3. The van der Waals surface area contributed by atoms with Gasteiger partial charge in [0.2, 0.25) is 5.88 Å². The Bertz CT molecular complexity index is 948. The summed E-state index contributed by atoms with van der Waals surface area (Å²) in [4.78, 5) is 21.4. The molecular formula is C16H13N3O5. The van der Waals surface area contributed by atoms with Crippen LogP contribution < -0.4 is 4.74 Å². The van der Waals surface area contributed by atoms with E-state index in [2.05, 4.69) is 5.18 Å². The molecule has 0 amide bonds. The largest absolute Gasteiger partial charge is 0.496 e. The van der Waals surface area contributed by atoms with Crippen molar-refractivity contribution in [2.45, 2.75) is 6.54 Å². The number of nitroso groups, excluding NO2 is 1. The zero-order chi connectivity index (χ0) is 17.3. The summed E-state index contributed by atoms with van der Waals surface area (Å²) in [6.45, 7) is 0.222. The van der Waals surface area contributed by atoms with E-state index in [-0.39, 0.29) is 29.2 Å². The smallest absolute Gasteiger partial charge is 0.270 e. The molecule has 1 N–H and O–H groups in total. The van der Waals surface area contributed by atoms with Crippen molar-refractivity contribution in [2.24, 2.45) is 5.18 Å². The maximum atomic E-state index is 11.1. The third-order valence-corrected chi connectivity index (χ3v) is 3.82. The average Bonchev–Trinajstić information content (AvgIpc) is 2.86. The van der Waals surface area contributed by atoms with Crippen LogP contribution in [0.15, 0.2) is 47.6 Å². The second kappa shape index (κ2) is 5.99. The van der Waals surface area contributed by atoms with Gasteiger partial charge in [0, 0.05) is 23.1 Å². The highest BCUT2D eigenvalue weighted by Gasteiger charge is 2.21. The maximum Gasteiger partial charge on any atom is 0.270 e. The molecule has 0 spiro atoms. The van der Waals surface area contributed by atoms with Crippen LogP contribution in [0.2, 0.25) is 0 Å². The second-order valence-electron chi connectivity index (χ2n) is 5.12. The fourth-order valence-corrected chi connectivity index (χ4v) is 2.68. The molecular weight excluding hydrogens is 314 g/mol. The number of benzene rings is 2. The molecule has 0 aliphatic carbocycles. The molecule has 0 unspecified atom stereocenters. The number of aromatic nitrogens is 1. The fraction of sp³-hybridized carbons (Fsp3) is 0.125. The Morgan fingerprint density at radius 3 is 2.71 bits per heavy atom. The van der Waals surface area contributed by atoms with E-state index in [1.807, 2.05) is 18.2 Å². The van der Waals surface area contributed by atoms with E-state index in [0.29, 0.717) is 11.3 Å².